The summed E-state index contributed by atoms with van der Waals surface area (Å²) in [6.07, 6.45) is -0.235. The van der Waals surface area contributed by atoms with E-state index in [1.54, 1.807) is 11.3 Å². The molecule has 0 spiro atoms. The van der Waals surface area contributed by atoms with E-state index in [0.29, 0.717) is 16.6 Å². The van der Waals surface area contributed by atoms with Gasteiger partial charge < -0.3 is 10.1 Å². The number of amides is 1. The van der Waals surface area contributed by atoms with Crippen LogP contribution in [0.5, 0.6) is 0 Å². The predicted molar refractivity (Wildman–Crippen MR) is 103 cm³/mol. The van der Waals surface area contributed by atoms with Crippen molar-refractivity contribution in [2.24, 2.45) is 0 Å². The first kappa shape index (κ1) is 18.8. The number of halogens is 2. The number of carbonyl (C=O) groups is 2. The molecule has 26 heavy (non-hydrogen) atoms. The zero-order valence-corrected chi connectivity index (χ0v) is 16.1. The Labute approximate surface area is 162 Å². The lowest BCUT2D eigenvalue weighted by Crippen LogP contribution is -2.36. The highest BCUT2D eigenvalue weighted by Crippen LogP contribution is 2.36. The second-order valence-corrected chi connectivity index (χ2v) is 8.02. The molecule has 1 atom stereocenters. The molecular formula is C18H15ClFNO3S2. The maximum atomic E-state index is 13.3. The Kier molecular flexibility index (Phi) is 5.90. The van der Waals surface area contributed by atoms with Crippen molar-refractivity contribution in [1.82, 2.24) is 5.32 Å². The van der Waals surface area contributed by atoms with Gasteiger partial charge in [-0.1, -0.05) is 17.7 Å². The molecule has 4 nitrogen and oxygen atoms in total. The molecule has 2 heterocycles. The van der Waals surface area contributed by atoms with Crippen LogP contribution in [0.3, 0.4) is 0 Å². The van der Waals surface area contributed by atoms with Crippen molar-refractivity contribution in [2.75, 3.05) is 6.54 Å². The van der Waals surface area contributed by atoms with E-state index in [1.807, 2.05) is 17.5 Å². The van der Waals surface area contributed by atoms with Crippen molar-refractivity contribution in [3.63, 3.8) is 0 Å². The number of nitrogens with one attached hydrogen (secondary N) is 1. The summed E-state index contributed by atoms with van der Waals surface area (Å²) in [5.41, 5.74) is 0. The first-order chi connectivity index (χ1) is 12.5. The number of esters is 1. The monoisotopic (exact) mass is 411 g/mol. The minimum atomic E-state index is -0.955. The van der Waals surface area contributed by atoms with E-state index in [-0.39, 0.29) is 15.8 Å². The first-order valence-corrected chi connectivity index (χ1v) is 9.91. The quantitative estimate of drug-likeness (QED) is 0.600. The maximum Gasteiger partial charge on any atom is 0.350 e. The average molecular weight is 412 g/mol. The summed E-state index contributed by atoms with van der Waals surface area (Å²) in [4.78, 5) is 25.7. The molecule has 1 amide bonds. The molecule has 0 aliphatic rings. The molecule has 0 saturated heterocycles. The molecule has 3 rings (SSSR count). The number of hydrogen-bond acceptors (Lipinski definition) is 5. The third kappa shape index (κ3) is 4.23. The lowest BCUT2D eigenvalue weighted by atomic mass is 10.2. The molecule has 136 valence electrons. The zero-order chi connectivity index (χ0) is 18.7. The van der Waals surface area contributed by atoms with Crippen LogP contribution in [-0.4, -0.2) is 24.5 Å². The lowest BCUT2D eigenvalue weighted by Gasteiger charge is -2.12. The van der Waals surface area contributed by atoms with E-state index in [2.05, 4.69) is 5.32 Å². The van der Waals surface area contributed by atoms with Gasteiger partial charge in [-0.3, -0.25) is 4.79 Å². The standard InChI is InChI=1S/C18H15ClFNO3S2/c1-10(17(22)21-7-6-12-3-2-8-25-12)24-18(23)16-15(19)13-5-4-11(20)9-14(13)26-16/h2-5,8-10H,6-7H2,1H3,(H,21,22)/t10-/m1/s1. The Morgan fingerprint density at radius 2 is 2.15 bits per heavy atom. The molecule has 0 aliphatic carbocycles. The van der Waals surface area contributed by atoms with Crippen LogP contribution in [0, 0.1) is 5.82 Å². The summed E-state index contributed by atoms with van der Waals surface area (Å²) in [7, 11) is 0. The van der Waals surface area contributed by atoms with Crippen LogP contribution in [0.2, 0.25) is 5.02 Å². The van der Waals surface area contributed by atoms with Crippen LogP contribution in [0.1, 0.15) is 21.5 Å². The van der Waals surface area contributed by atoms with Crippen molar-refractivity contribution >= 4 is 56.2 Å². The van der Waals surface area contributed by atoms with Gasteiger partial charge in [-0.05, 0) is 43.0 Å². The lowest BCUT2D eigenvalue weighted by molar-refractivity contribution is -0.129. The van der Waals surface area contributed by atoms with E-state index in [4.69, 9.17) is 16.3 Å². The number of benzene rings is 1. The molecule has 0 saturated carbocycles. The van der Waals surface area contributed by atoms with E-state index < -0.39 is 17.9 Å². The Morgan fingerprint density at radius 3 is 2.88 bits per heavy atom. The minimum Gasteiger partial charge on any atom is -0.448 e. The summed E-state index contributed by atoms with van der Waals surface area (Å²) >= 11 is 8.85. The van der Waals surface area contributed by atoms with Gasteiger partial charge in [-0.25, -0.2) is 9.18 Å². The molecule has 8 heteroatoms. The third-order valence-electron chi connectivity index (χ3n) is 3.68. The molecular weight excluding hydrogens is 397 g/mol. The Bertz CT molecular complexity index is 939. The zero-order valence-electron chi connectivity index (χ0n) is 13.8. The fraction of sp³-hybridized carbons (Fsp3) is 0.222. The van der Waals surface area contributed by atoms with Gasteiger partial charge in [0.25, 0.3) is 5.91 Å². The van der Waals surface area contributed by atoms with Crippen molar-refractivity contribution in [1.29, 1.82) is 0 Å². The highest BCUT2D eigenvalue weighted by atomic mass is 35.5. The largest absolute Gasteiger partial charge is 0.448 e. The molecule has 1 aromatic carbocycles. The molecule has 1 N–H and O–H groups in total. The fourth-order valence-electron chi connectivity index (χ4n) is 2.35. The molecule has 0 fully saturated rings. The van der Waals surface area contributed by atoms with Gasteiger partial charge in [0, 0.05) is 21.5 Å². The minimum absolute atomic E-state index is 0.158. The van der Waals surface area contributed by atoms with Crippen LogP contribution >= 0.6 is 34.3 Å². The van der Waals surface area contributed by atoms with E-state index in [0.717, 1.165) is 17.8 Å². The summed E-state index contributed by atoms with van der Waals surface area (Å²) in [6.45, 7) is 1.96. The van der Waals surface area contributed by atoms with E-state index >= 15 is 0 Å². The van der Waals surface area contributed by atoms with Crippen molar-refractivity contribution in [3.8, 4) is 0 Å². The summed E-state index contributed by atoms with van der Waals surface area (Å²) in [6, 6.07) is 8.05. The fourth-order valence-corrected chi connectivity index (χ4v) is 4.47. The predicted octanol–water partition coefficient (Wildman–Crippen LogP) is 4.66. The normalized spacial score (nSPS) is 12.1. The van der Waals surface area contributed by atoms with Crippen LogP contribution in [-0.2, 0) is 16.0 Å². The molecule has 3 aromatic rings. The van der Waals surface area contributed by atoms with Gasteiger partial charge in [0.1, 0.15) is 10.7 Å². The summed E-state index contributed by atoms with van der Waals surface area (Å²) < 4.78 is 19.1. The topological polar surface area (TPSA) is 55.4 Å². The first-order valence-electron chi connectivity index (χ1n) is 7.84. The molecule has 0 aliphatic heterocycles. The van der Waals surface area contributed by atoms with Crippen LogP contribution < -0.4 is 5.32 Å². The Morgan fingerprint density at radius 1 is 1.35 bits per heavy atom. The van der Waals surface area contributed by atoms with E-state index in [9.17, 15) is 14.0 Å². The number of ether oxygens (including phenoxy) is 1. The molecule has 0 bridgehead atoms. The number of thiophene rings is 2. The number of hydrogen-bond donors (Lipinski definition) is 1. The molecule has 2 aromatic heterocycles. The Hall–Kier alpha value is -1.96. The van der Waals surface area contributed by atoms with Crippen LogP contribution in [0.25, 0.3) is 10.1 Å². The SMILES string of the molecule is C[C@@H](OC(=O)c1sc2cc(F)ccc2c1Cl)C(=O)NCCc1cccs1. The van der Waals surface area contributed by atoms with Crippen LogP contribution in [0.4, 0.5) is 4.39 Å². The number of rotatable bonds is 6. The van der Waals surface area contributed by atoms with Crippen molar-refractivity contribution < 1.29 is 18.7 Å². The Balaban J connectivity index is 1.60. The van der Waals surface area contributed by atoms with E-state index in [1.165, 1.54) is 30.0 Å². The second-order valence-electron chi connectivity index (χ2n) is 5.55. The van der Waals surface area contributed by atoms with Gasteiger partial charge in [0.2, 0.25) is 0 Å². The van der Waals surface area contributed by atoms with Gasteiger partial charge >= 0.3 is 5.97 Å². The third-order valence-corrected chi connectivity index (χ3v) is 6.25. The van der Waals surface area contributed by atoms with Crippen LogP contribution in [0.15, 0.2) is 35.7 Å². The molecule has 0 radical (unpaired) electrons. The number of carbonyl (C=O) groups excluding carboxylic acids is 2. The van der Waals surface area contributed by atoms with Gasteiger partial charge in [0.15, 0.2) is 6.10 Å². The van der Waals surface area contributed by atoms with Gasteiger partial charge in [0.05, 0.1) is 5.02 Å². The van der Waals surface area contributed by atoms with Gasteiger partial charge in [-0.15, -0.1) is 22.7 Å². The summed E-state index contributed by atoms with van der Waals surface area (Å²) in [5, 5.41) is 5.50. The average Bonchev–Trinajstić information content (AvgIpc) is 3.22. The van der Waals surface area contributed by atoms with Crippen molar-refractivity contribution in [3.05, 3.63) is 56.3 Å². The summed E-state index contributed by atoms with van der Waals surface area (Å²) in [5.74, 6) is -1.48. The highest BCUT2D eigenvalue weighted by molar-refractivity contribution is 7.21. The van der Waals surface area contributed by atoms with Gasteiger partial charge in [-0.2, -0.15) is 0 Å². The van der Waals surface area contributed by atoms with Crippen molar-refractivity contribution in [2.45, 2.75) is 19.4 Å². The molecule has 0 unspecified atom stereocenters. The highest BCUT2D eigenvalue weighted by Gasteiger charge is 2.23. The number of fused-ring (bicyclic) bond motifs is 1. The smallest absolute Gasteiger partial charge is 0.350 e. The maximum absolute atomic E-state index is 13.3. The second kappa shape index (κ2) is 8.16.